The van der Waals surface area contributed by atoms with Crippen LogP contribution in [0.15, 0.2) is 94.5 Å². The van der Waals surface area contributed by atoms with E-state index in [2.05, 4.69) is 88.9 Å². The molecule has 4 atom stereocenters. The molecule has 6 aliphatic heterocycles. The van der Waals surface area contributed by atoms with Crippen molar-refractivity contribution in [2.45, 2.75) is 110 Å². The number of likely N-dealkylation sites (N-methyl/N-ethyl adjacent to an activating group) is 3. The van der Waals surface area contributed by atoms with Crippen LogP contribution in [0.1, 0.15) is 117 Å². The predicted octanol–water partition coefficient (Wildman–Crippen LogP) is 5.92. The largest absolute Gasteiger partial charge is 0.336 e. The molecular weight excluding hydrogens is 1110 g/mol. The molecule has 0 spiro atoms. The number of aromatic amines is 2. The van der Waals surface area contributed by atoms with Crippen LogP contribution in [0, 0.1) is 11.6 Å². The average Bonchev–Trinajstić information content (AvgIpc) is 1.70. The van der Waals surface area contributed by atoms with E-state index in [4.69, 9.17) is 0 Å². The Balaban J connectivity index is 0.000000159. The molecule has 4 N–H and O–H groups in total. The molecule has 4 fully saturated rings. The first-order chi connectivity index (χ1) is 41.3. The highest BCUT2D eigenvalue weighted by atomic mass is 19.1. The highest BCUT2D eigenvalue weighted by Crippen LogP contribution is 2.40. The number of rotatable bonds is 10. The van der Waals surface area contributed by atoms with Gasteiger partial charge >= 0.3 is 0 Å². The van der Waals surface area contributed by atoms with Gasteiger partial charge in [0.05, 0.1) is 17.9 Å². The SMILES string of the molecule is CC1(C)CN(C=O)c2cc(Cc3ccc(F)cc3)c(=O)[nH]c21.CC1CN(C(=O)c2cccc(C(=O)N3CCN(C)C(C)C3)c2)CCN1C.CC1CN(CC(=O)N2CC(C)(C)c3[nH]c(=O)c(Cc4ccc(F)cc4)cc32)CCN1.CCN1CCNC(C)C1. The van der Waals surface area contributed by atoms with Crippen molar-refractivity contribution in [1.29, 1.82) is 0 Å². The number of benzene rings is 3. The van der Waals surface area contributed by atoms with Crippen LogP contribution in [-0.2, 0) is 33.3 Å². The minimum absolute atomic E-state index is 0.0198. The van der Waals surface area contributed by atoms with E-state index in [0.29, 0.717) is 78.9 Å². The van der Waals surface area contributed by atoms with Gasteiger partial charge in [0.15, 0.2) is 0 Å². The quantitative estimate of drug-likeness (QED) is 0.121. The number of carbonyl (C=O) groups excluding carboxylic acids is 4. The third kappa shape index (κ3) is 16.8. The van der Waals surface area contributed by atoms with Crippen LogP contribution in [0.2, 0.25) is 0 Å². The average molecular weight is 1200 g/mol. The van der Waals surface area contributed by atoms with Gasteiger partial charge in [-0.15, -0.1) is 0 Å². The van der Waals surface area contributed by atoms with Crippen molar-refractivity contribution >= 4 is 35.5 Å². The van der Waals surface area contributed by atoms with Crippen molar-refractivity contribution in [2.75, 3.05) is 129 Å². The fourth-order valence-electron chi connectivity index (χ4n) is 12.3. The van der Waals surface area contributed by atoms with Gasteiger partial charge in [0, 0.05) is 173 Å². The minimum Gasteiger partial charge on any atom is -0.336 e. The second-order valence-electron chi connectivity index (χ2n) is 25.9. The summed E-state index contributed by atoms with van der Waals surface area (Å²) in [5.74, 6) is -0.517. The third-order valence-electron chi connectivity index (χ3n) is 17.9. The fourth-order valence-corrected chi connectivity index (χ4v) is 12.3. The Kier molecular flexibility index (Phi) is 21.9. The molecule has 3 aromatic carbocycles. The summed E-state index contributed by atoms with van der Waals surface area (Å²) in [5.41, 5.74) is 6.26. The molecule has 470 valence electrons. The number of amides is 4. The van der Waals surface area contributed by atoms with E-state index in [1.807, 2.05) is 66.7 Å². The van der Waals surface area contributed by atoms with Gasteiger partial charge in [0.1, 0.15) is 11.6 Å². The van der Waals surface area contributed by atoms with E-state index < -0.39 is 0 Å². The summed E-state index contributed by atoms with van der Waals surface area (Å²) in [4.78, 5) is 97.5. The number of pyridine rings is 2. The zero-order valence-electron chi connectivity index (χ0n) is 53.0. The van der Waals surface area contributed by atoms with Crippen molar-refractivity contribution in [3.05, 3.63) is 162 Å². The van der Waals surface area contributed by atoms with Crippen LogP contribution in [-0.4, -0.2) is 206 Å². The number of fused-ring (bicyclic) bond motifs is 2. The molecule has 6 aliphatic rings. The number of piperazine rings is 4. The summed E-state index contributed by atoms with van der Waals surface area (Å²) in [5, 5.41) is 6.80. The van der Waals surface area contributed by atoms with Gasteiger partial charge in [0.25, 0.3) is 22.9 Å². The first kappa shape index (κ1) is 66.0. The van der Waals surface area contributed by atoms with Crippen LogP contribution in [0.4, 0.5) is 20.2 Å². The van der Waals surface area contributed by atoms with Crippen LogP contribution in [0.3, 0.4) is 0 Å². The van der Waals surface area contributed by atoms with Gasteiger partial charge in [-0.25, -0.2) is 8.78 Å². The van der Waals surface area contributed by atoms with Gasteiger partial charge in [0.2, 0.25) is 12.3 Å². The molecule has 4 amide bonds. The van der Waals surface area contributed by atoms with Crippen LogP contribution in [0.5, 0.6) is 0 Å². The Morgan fingerprint density at radius 1 is 0.586 bits per heavy atom. The van der Waals surface area contributed by atoms with Gasteiger partial charge in [-0.2, -0.15) is 0 Å². The lowest BCUT2D eigenvalue weighted by Crippen LogP contribution is -2.52. The first-order valence-corrected chi connectivity index (χ1v) is 30.9. The Labute approximate surface area is 512 Å². The molecule has 0 radical (unpaired) electrons. The molecule has 20 heteroatoms. The number of hydrogen-bond acceptors (Lipinski definition) is 12. The lowest BCUT2D eigenvalue weighted by Gasteiger charge is -2.38. The zero-order valence-corrected chi connectivity index (χ0v) is 53.0. The van der Waals surface area contributed by atoms with Gasteiger partial charge < -0.3 is 54.9 Å². The summed E-state index contributed by atoms with van der Waals surface area (Å²) in [6.07, 6.45) is 1.57. The molecule has 8 heterocycles. The van der Waals surface area contributed by atoms with E-state index >= 15 is 0 Å². The molecule has 11 rings (SSSR count). The third-order valence-corrected chi connectivity index (χ3v) is 17.9. The van der Waals surface area contributed by atoms with Crippen LogP contribution < -0.4 is 31.6 Å². The maximum absolute atomic E-state index is 13.2. The Morgan fingerprint density at radius 3 is 1.48 bits per heavy atom. The van der Waals surface area contributed by atoms with Gasteiger partial charge in [-0.05, 0) is 114 Å². The highest BCUT2D eigenvalue weighted by Gasteiger charge is 2.41. The van der Waals surface area contributed by atoms with E-state index in [0.717, 1.165) is 106 Å². The standard InChI is InChI=1S/C23H29FN4O2.C20H30N4O2.C17H17FN2O2.C7H16N2/c1-15-12-27(9-8-25-15)13-20(29)28-14-23(2,3)21-19(28)11-17(22(30)26-21)10-16-4-6-18(24)7-5-16;1-15-13-23(10-8-21(15)3)19(25)17-6-5-7-18(12-17)20(26)24-11-9-22(4)16(2)14-24;1-17(2)9-20(10-21)14-8-12(16(22)19-15(14)17)7-11-3-5-13(18)6-4-11;1-3-9-5-4-8-7(2)6-9/h4-7,11,15,25H,8-10,12-14H2,1-3H3,(H,26,30);5-7,12,15-16H,8-11,13-14H2,1-4H3;3-6,8,10H,7,9H2,1-2H3,(H,19,22);7-8H,3-6H2,1-2H3. The molecule has 5 aromatic rings. The van der Waals surface area contributed by atoms with Gasteiger partial charge in [-0.3, -0.25) is 33.7 Å². The predicted molar refractivity (Wildman–Crippen MR) is 340 cm³/mol. The Hall–Kier alpha value is -6.94. The van der Waals surface area contributed by atoms with Crippen molar-refractivity contribution in [3.8, 4) is 0 Å². The van der Waals surface area contributed by atoms with Crippen molar-refractivity contribution < 1.29 is 28.0 Å². The second kappa shape index (κ2) is 28.9. The van der Waals surface area contributed by atoms with E-state index in [1.165, 1.54) is 43.9 Å². The van der Waals surface area contributed by atoms with Crippen molar-refractivity contribution in [1.82, 2.24) is 50.0 Å². The van der Waals surface area contributed by atoms with Crippen LogP contribution in [0.25, 0.3) is 0 Å². The number of hydrogen-bond donors (Lipinski definition) is 4. The van der Waals surface area contributed by atoms with E-state index in [1.54, 1.807) is 41.3 Å². The lowest BCUT2D eigenvalue weighted by atomic mass is 9.91. The number of halogens is 2. The number of H-pyrrole nitrogens is 2. The molecular formula is C67H92F2N12O6. The van der Waals surface area contributed by atoms with E-state index in [-0.39, 0.29) is 51.3 Å². The lowest BCUT2D eigenvalue weighted by molar-refractivity contribution is -0.120. The summed E-state index contributed by atoms with van der Waals surface area (Å²) in [6, 6.07) is 24.8. The molecule has 0 bridgehead atoms. The molecule has 87 heavy (non-hydrogen) atoms. The molecule has 2 aromatic heterocycles. The number of nitrogens with one attached hydrogen (secondary N) is 4. The summed E-state index contributed by atoms with van der Waals surface area (Å²) < 4.78 is 26.2. The smallest absolute Gasteiger partial charge is 0.253 e. The number of anilines is 2. The Bertz CT molecular complexity index is 3260. The van der Waals surface area contributed by atoms with Crippen molar-refractivity contribution in [2.24, 2.45) is 0 Å². The fraction of sp³-hybridized carbons (Fsp3) is 0.522. The summed E-state index contributed by atoms with van der Waals surface area (Å²) in [7, 11) is 4.17. The maximum atomic E-state index is 13.2. The highest BCUT2D eigenvalue weighted by molar-refractivity contribution is 6.00. The number of nitrogens with zero attached hydrogens (tertiary/aromatic N) is 8. The second-order valence-corrected chi connectivity index (χ2v) is 25.9. The summed E-state index contributed by atoms with van der Waals surface area (Å²) in [6.45, 7) is 32.4. The number of aromatic nitrogens is 2. The van der Waals surface area contributed by atoms with E-state index in [9.17, 15) is 37.5 Å². The molecule has 18 nitrogen and oxygen atoms in total. The van der Waals surface area contributed by atoms with Crippen LogP contribution >= 0.6 is 0 Å². The Morgan fingerprint density at radius 2 is 1.03 bits per heavy atom. The molecule has 0 aliphatic carbocycles. The zero-order chi connectivity index (χ0) is 62.9. The first-order valence-electron chi connectivity index (χ1n) is 30.9. The minimum atomic E-state index is -0.324. The topological polar surface area (TPSA) is 184 Å². The molecule has 0 saturated carbocycles. The maximum Gasteiger partial charge on any atom is 0.253 e. The van der Waals surface area contributed by atoms with Gasteiger partial charge in [-0.1, -0.05) is 65.0 Å². The summed E-state index contributed by atoms with van der Waals surface area (Å²) >= 11 is 0. The van der Waals surface area contributed by atoms with Crippen molar-refractivity contribution in [3.63, 3.8) is 0 Å². The normalized spacial score (nSPS) is 21.9. The monoisotopic (exact) mass is 1200 g/mol. The molecule has 4 saturated heterocycles. The molecule has 4 unspecified atom stereocenters. The number of carbonyl (C=O) groups is 4.